The Morgan fingerprint density at radius 1 is 1.39 bits per heavy atom. The molecule has 2 rings (SSSR count). The highest BCUT2D eigenvalue weighted by molar-refractivity contribution is 5.69. The molecule has 1 unspecified atom stereocenters. The van der Waals surface area contributed by atoms with Gasteiger partial charge in [0.2, 0.25) is 0 Å². The van der Waals surface area contributed by atoms with E-state index in [0.29, 0.717) is 13.2 Å². The van der Waals surface area contributed by atoms with Crippen LogP contribution in [0.5, 0.6) is 11.5 Å². The molecule has 0 saturated carbocycles. The van der Waals surface area contributed by atoms with E-state index in [-0.39, 0.29) is 12.6 Å². The molecule has 0 aliphatic carbocycles. The van der Waals surface area contributed by atoms with Gasteiger partial charge in [-0.1, -0.05) is 6.07 Å². The van der Waals surface area contributed by atoms with E-state index in [0.717, 1.165) is 23.5 Å². The van der Waals surface area contributed by atoms with Crippen molar-refractivity contribution in [1.29, 1.82) is 0 Å². The first-order valence-corrected chi connectivity index (χ1v) is 6.01. The molecule has 0 radical (unpaired) electrons. The van der Waals surface area contributed by atoms with Gasteiger partial charge in [-0.05, 0) is 24.6 Å². The topological polar surface area (TPSA) is 67.8 Å². The van der Waals surface area contributed by atoms with E-state index in [1.807, 2.05) is 25.1 Å². The minimum Gasteiger partial charge on any atom is -0.490 e. The van der Waals surface area contributed by atoms with Crippen molar-refractivity contribution in [1.82, 2.24) is 5.32 Å². The zero-order chi connectivity index (χ0) is 13.0. The highest BCUT2D eigenvalue weighted by Gasteiger charge is 2.13. The van der Waals surface area contributed by atoms with Crippen molar-refractivity contribution in [2.45, 2.75) is 19.4 Å². The molecule has 1 aliphatic rings. The predicted molar refractivity (Wildman–Crippen MR) is 66.1 cm³/mol. The Hall–Kier alpha value is -1.75. The molecule has 0 spiro atoms. The summed E-state index contributed by atoms with van der Waals surface area (Å²) in [5.41, 5.74) is 0.987. The fourth-order valence-electron chi connectivity index (χ4n) is 1.81. The SMILES string of the molecule is CC(NCC(=O)O)c1ccc2c(c1)OCCCO2. The van der Waals surface area contributed by atoms with Gasteiger partial charge in [0.15, 0.2) is 11.5 Å². The quantitative estimate of drug-likeness (QED) is 0.850. The van der Waals surface area contributed by atoms with Gasteiger partial charge < -0.3 is 19.9 Å². The molecule has 5 heteroatoms. The maximum Gasteiger partial charge on any atom is 0.317 e. The highest BCUT2D eigenvalue weighted by Crippen LogP contribution is 2.32. The summed E-state index contributed by atoms with van der Waals surface area (Å²) >= 11 is 0. The lowest BCUT2D eigenvalue weighted by molar-refractivity contribution is -0.136. The molecule has 5 nitrogen and oxygen atoms in total. The van der Waals surface area contributed by atoms with Gasteiger partial charge in [0.25, 0.3) is 0 Å². The first kappa shape index (κ1) is 12.7. The molecule has 1 atom stereocenters. The Morgan fingerprint density at radius 3 is 2.83 bits per heavy atom. The zero-order valence-corrected chi connectivity index (χ0v) is 10.3. The maximum atomic E-state index is 10.5. The second-order valence-electron chi connectivity index (χ2n) is 4.25. The number of hydrogen-bond donors (Lipinski definition) is 2. The number of ether oxygens (including phenoxy) is 2. The second kappa shape index (κ2) is 5.73. The van der Waals surface area contributed by atoms with Crippen LogP contribution in [0, 0.1) is 0 Å². The lowest BCUT2D eigenvalue weighted by Crippen LogP contribution is -2.25. The Labute approximate surface area is 106 Å². The van der Waals surface area contributed by atoms with Crippen molar-refractivity contribution < 1.29 is 19.4 Å². The number of carboxylic acid groups (broad SMARTS) is 1. The van der Waals surface area contributed by atoms with Crippen LogP contribution in [-0.2, 0) is 4.79 Å². The van der Waals surface area contributed by atoms with E-state index in [2.05, 4.69) is 5.32 Å². The average molecular weight is 251 g/mol. The van der Waals surface area contributed by atoms with Crippen LogP contribution in [0.3, 0.4) is 0 Å². The number of fused-ring (bicyclic) bond motifs is 1. The van der Waals surface area contributed by atoms with Crippen LogP contribution < -0.4 is 14.8 Å². The lowest BCUT2D eigenvalue weighted by Gasteiger charge is -2.15. The number of carboxylic acids is 1. The standard InChI is InChI=1S/C13H17NO4/c1-9(14-8-13(15)16)10-3-4-11-12(7-10)18-6-2-5-17-11/h3-4,7,9,14H,2,5-6,8H2,1H3,(H,15,16). The molecule has 1 aromatic rings. The summed E-state index contributed by atoms with van der Waals surface area (Å²) < 4.78 is 11.1. The van der Waals surface area contributed by atoms with Gasteiger partial charge in [-0.2, -0.15) is 0 Å². The molecule has 0 aromatic heterocycles. The molecule has 1 aromatic carbocycles. The number of nitrogens with one attached hydrogen (secondary N) is 1. The smallest absolute Gasteiger partial charge is 0.317 e. The third kappa shape index (κ3) is 3.13. The number of rotatable bonds is 4. The summed E-state index contributed by atoms with van der Waals surface area (Å²) in [5, 5.41) is 11.6. The van der Waals surface area contributed by atoms with Crippen LogP contribution in [0.4, 0.5) is 0 Å². The molecule has 98 valence electrons. The van der Waals surface area contributed by atoms with E-state index in [1.165, 1.54) is 0 Å². The third-order valence-electron chi connectivity index (χ3n) is 2.83. The fraction of sp³-hybridized carbons (Fsp3) is 0.462. The minimum absolute atomic E-state index is 0.0433. The van der Waals surface area contributed by atoms with Gasteiger partial charge in [0.1, 0.15) is 0 Å². The number of carbonyl (C=O) groups is 1. The highest BCUT2D eigenvalue weighted by atomic mass is 16.5. The third-order valence-corrected chi connectivity index (χ3v) is 2.83. The Kier molecular flexibility index (Phi) is 4.04. The first-order valence-electron chi connectivity index (χ1n) is 6.01. The normalized spacial score (nSPS) is 15.8. The molecule has 1 heterocycles. The molecule has 2 N–H and O–H groups in total. The van der Waals surface area contributed by atoms with Gasteiger partial charge in [0.05, 0.1) is 19.8 Å². The Balaban J connectivity index is 2.09. The summed E-state index contributed by atoms with van der Waals surface area (Å²) in [7, 11) is 0. The summed E-state index contributed by atoms with van der Waals surface area (Å²) in [6, 6.07) is 5.65. The van der Waals surface area contributed by atoms with Crippen LogP contribution in [0.25, 0.3) is 0 Å². The molecule has 1 aliphatic heterocycles. The van der Waals surface area contributed by atoms with E-state index >= 15 is 0 Å². The summed E-state index contributed by atoms with van der Waals surface area (Å²) in [4.78, 5) is 10.5. The molecule has 0 fully saturated rings. The van der Waals surface area contributed by atoms with E-state index < -0.39 is 5.97 Å². The lowest BCUT2D eigenvalue weighted by atomic mass is 10.1. The van der Waals surface area contributed by atoms with Gasteiger partial charge in [-0.3, -0.25) is 4.79 Å². The predicted octanol–water partition coefficient (Wildman–Crippen LogP) is 1.58. The molecule has 18 heavy (non-hydrogen) atoms. The molecule has 0 amide bonds. The monoisotopic (exact) mass is 251 g/mol. The zero-order valence-electron chi connectivity index (χ0n) is 10.3. The van der Waals surface area contributed by atoms with Crippen LogP contribution in [-0.4, -0.2) is 30.8 Å². The number of aliphatic carboxylic acids is 1. The van der Waals surface area contributed by atoms with Gasteiger partial charge >= 0.3 is 5.97 Å². The van der Waals surface area contributed by atoms with E-state index in [1.54, 1.807) is 0 Å². The van der Waals surface area contributed by atoms with Crippen molar-refractivity contribution in [3.05, 3.63) is 23.8 Å². The molecule has 0 bridgehead atoms. The number of benzene rings is 1. The van der Waals surface area contributed by atoms with Crippen LogP contribution in [0.2, 0.25) is 0 Å². The van der Waals surface area contributed by atoms with Crippen molar-refractivity contribution in [2.75, 3.05) is 19.8 Å². The Bertz CT molecular complexity index is 433. The average Bonchev–Trinajstić information content (AvgIpc) is 2.60. The van der Waals surface area contributed by atoms with Gasteiger partial charge in [-0.15, -0.1) is 0 Å². The Morgan fingerprint density at radius 2 is 2.11 bits per heavy atom. The minimum atomic E-state index is -0.865. The second-order valence-corrected chi connectivity index (χ2v) is 4.25. The summed E-state index contributed by atoms with van der Waals surface area (Å²) in [6.45, 7) is 3.17. The van der Waals surface area contributed by atoms with Crippen molar-refractivity contribution in [3.63, 3.8) is 0 Å². The van der Waals surface area contributed by atoms with Gasteiger partial charge in [0, 0.05) is 12.5 Å². The first-order chi connectivity index (χ1) is 8.66. The molecular formula is C13H17NO4. The molecular weight excluding hydrogens is 234 g/mol. The summed E-state index contributed by atoms with van der Waals surface area (Å²) in [5.74, 6) is 0.617. The van der Waals surface area contributed by atoms with Crippen molar-refractivity contribution in [2.24, 2.45) is 0 Å². The van der Waals surface area contributed by atoms with Gasteiger partial charge in [-0.25, -0.2) is 0 Å². The van der Waals surface area contributed by atoms with Crippen molar-refractivity contribution in [3.8, 4) is 11.5 Å². The number of hydrogen-bond acceptors (Lipinski definition) is 4. The molecule has 0 saturated heterocycles. The van der Waals surface area contributed by atoms with E-state index in [9.17, 15) is 4.79 Å². The van der Waals surface area contributed by atoms with Crippen LogP contribution in [0.1, 0.15) is 24.9 Å². The van der Waals surface area contributed by atoms with Crippen molar-refractivity contribution >= 4 is 5.97 Å². The largest absolute Gasteiger partial charge is 0.490 e. The summed E-state index contributed by atoms with van der Waals surface area (Å²) in [6.07, 6.45) is 0.872. The maximum absolute atomic E-state index is 10.5. The van der Waals surface area contributed by atoms with E-state index in [4.69, 9.17) is 14.6 Å². The van der Waals surface area contributed by atoms with Crippen LogP contribution in [0.15, 0.2) is 18.2 Å². The van der Waals surface area contributed by atoms with Crippen LogP contribution >= 0.6 is 0 Å². The fourth-order valence-corrected chi connectivity index (χ4v) is 1.81.